The van der Waals surface area contributed by atoms with E-state index in [2.05, 4.69) is 20.6 Å². The molecule has 1 aliphatic heterocycles. The summed E-state index contributed by atoms with van der Waals surface area (Å²) in [7, 11) is 2.04. The van der Waals surface area contributed by atoms with Crippen molar-refractivity contribution in [2.75, 3.05) is 26.7 Å². The molecular formula is C12H22ClN3S. The van der Waals surface area contributed by atoms with Gasteiger partial charge in [-0.15, -0.1) is 23.7 Å². The number of nitrogens with zero attached hydrogens (tertiary/aromatic N) is 2. The Morgan fingerprint density at radius 2 is 2.24 bits per heavy atom. The van der Waals surface area contributed by atoms with Gasteiger partial charge in [0.1, 0.15) is 0 Å². The van der Waals surface area contributed by atoms with Crippen molar-refractivity contribution in [3.63, 3.8) is 0 Å². The van der Waals surface area contributed by atoms with Crippen molar-refractivity contribution in [1.29, 1.82) is 0 Å². The molecule has 0 bridgehead atoms. The Morgan fingerprint density at radius 1 is 1.47 bits per heavy atom. The van der Waals surface area contributed by atoms with E-state index in [0.29, 0.717) is 0 Å². The molecule has 0 unspecified atom stereocenters. The van der Waals surface area contributed by atoms with Gasteiger partial charge in [0.2, 0.25) is 0 Å². The van der Waals surface area contributed by atoms with Gasteiger partial charge in [-0.1, -0.05) is 0 Å². The fourth-order valence-electron chi connectivity index (χ4n) is 2.33. The van der Waals surface area contributed by atoms with Gasteiger partial charge in [-0.05, 0) is 51.9 Å². The van der Waals surface area contributed by atoms with E-state index in [-0.39, 0.29) is 12.4 Å². The van der Waals surface area contributed by atoms with Crippen LogP contribution in [0.1, 0.15) is 25.0 Å². The number of nitrogens with one attached hydrogen (secondary N) is 1. The normalized spacial score (nSPS) is 17.9. The highest BCUT2D eigenvalue weighted by atomic mass is 35.5. The first-order chi connectivity index (χ1) is 7.88. The van der Waals surface area contributed by atoms with E-state index < -0.39 is 0 Å². The number of hydrogen-bond acceptors (Lipinski definition) is 4. The second kappa shape index (κ2) is 8.03. The number of halogens is 1. The molecule has 2 heterocycles. The van der Waals surface area contributed by atoms with Crippen molar-refractivity contribution in [2.24, 2.45) is 5.92 Å². The second-order valence-corrected chi connectivity index (χ2v) is 5.31. The van der Waals surface area contributed by atoms with Crippen LogP contribution >= 0.6 is 23.7 Å². The van der Waals surface area contributed by atoms with Gasteiger partial charge >= 0.3 is 0 Å². The summed E-state index contributed by atoms with van der Waals surface area (Å²) in [6.07, 6.45) is 4.04. The molecule has 0 aliphatic carbocycles. The SMILES string of the molecule is CNCCC1CCN(Cc2cscn2)CC1.Cl. The average Bonchev–Trinajstić information content (AvgIpc) is 2.81. The van der Waals surface area contributed by atoms with Gasteiger partial charge in [0, 0.05) is 11.9 Å². The zero-order chi connectivity index (χ0) is 11.2. The summed E-state index contributed by atoms with van der Waals surface area (Å²) in [6, 6.07) is 0. The lowest BCUT2D eigenvalue weighted by molar-refractivity contribution is 0.171. The van der Waals surface area contributed by atoms with Crippen LogP contribution < -0.4 is 5.32 Å². The van der Waals surface area contributed by atoms with Crippen LogP contribution in [0, 0.1) is 5.92 Å². The van der Waals surface area contributed by atoms with E-state index >= 15 is 0 Å². The van der Waals surface area contributed by atoms with Crippen molar-refractivity contribution in [2.45, 2.75) is 25.8 Å². The van der Waals surface area contributed by atoms with Crippen LogP contribution in [0.15, 0.2) is 10.9 Å². The number of aromatic nitrogens is 1. The molecule has 0 amide bonds. The summed E-state index contributed by atoms with van der Waals surface area (Å²) in [5.74, 6) is 0.930. The Bertz CT molecular complexity index is 284. The number of likely N-dealkylation sites (tertiary alicyclic amines) is 1. The third kappa shape index (κ3) is 4.92. The average molecular weight is 276 g/mol. The topological polar surface area (TPSA) is 28.2 Å². The number of hydrogen-bond donors (Lipinski definition) is 1. The van der Waals surface area contributed by atoms with E-state index in [4.69, 9.17) is 0 Å². The molecule has 1 aromatic rings. The third-order valence-corrected chi connectivity index (χ3v) is 4.01. The maximum absolute atomic E-state index is 4.35. The Morgan fingerprint density at radius 3 is 2.82 bits per heavy atom. The number of rotatable bonds is 5. The Balaban J connectivity index is 0.00000144. The Labute approximate surface area is 114 Å². The van der Waals surface area contributed by atoms with Gasteiger partial charge in [0.05, 0.1) is 11.2 Å². The molecule has 1 aliphatic rings. The molecule has 0 aromatic carbocycles. The van der Waals surface area contributed by atoms with Crippen LogP contribution in [-0.4, -0.2) is 36.6 Å². The lowest BCUT2D eigenvalue weighted by Gasteiger charge is -2.31. The van der Waals surface area contributed by atoms with Crippen LogP contribution in [0.4, 0.5) is 0 Å². The summed E-state index contributed by atoms with van der Waals surface area (Å²) in [6.45, 7) is 4.69. The minimum atomic E-state index is 0. The van der Waals surface area contributed by atoms with Crippen molar-refractivity contribution in [3.05, 3.63) is 16.6 Å². The second-order valence-electron chi connectivity index (χ2n) is 4.59. The smallest absolute Gasteiger partial charge is 0.0795 e. The fourth-order valence-corrected chi connectivity index (χ4v) is 2.88. The molecule has 2 rings (SSSR count). The molecule has 1 saturated heterocycles. The first-order valence-corrected chi connectivity index (χ1v) is 7.07. The first-order valence-electron chi connectivity index (χ1n) is 6.12. The molecule has 1 aromatic heterocycles. The maximum atomic E-state index is 4.35. The minimum Gasteiger partial charge on any atom is -0.320 e. The molecule has 0 radical (unpaired) electrons. The van der Waals surface area contributed by atoms with Gasteiger partial charge in [0.25, 0.3) is 0 Å². The van der Waals surface area contributed by atoms with E-state index in [1.54, 1.807) is 11.3 Å². The van der Waals surface area contributed by atoms with Crippen LogP contribution in [0.25, 0.3) is 0 Å². The lowest BCUT2D eigenvalue weighted by Crippen LogP contribution is -2.34. The standard InChI is InChI=1S/C12H21N3S.ClH/c1-13-5-2-11-3-6-15(7-4-11)8-12-9-16-10-14-12;/h9-11,13H,2-8H2,1H3;1H. The molecule has 0 saturated carbocycles. The predicted molar refractivity (Wildman–Crippen MR) is 75.9 cm³/mol. The summed E-state index contributed by atoms with van der Waals surface area (Å²) in [5, 5.41) is 5.40. The van der Waals surface area contributed by atoms with E-state index in [1.807, 2.05) is 12.6 Å². The monoisotopic (exact) mass is 275 g/mol. The molecule has 5 heteroatoms. The minimum absolute atomic E-state index is 0. The van der Waals surface area contributed by atoms with Crippen LogP contribution in [0.3, 0.4) is 0 Å². The molecule has 3 nitrogen and oxygen atoms in total. The summed E-state index contributed by atoms with van der Waals surface area (Å²) in [4.78, 5) is 6.88. The van der Waals surface area contributed by atoms with Gasteiger partial charge in [-0.25, -0.2) is 4.98 Å². The zero-order valence-electron chi connectivity index (χ0n) is 10.4. The lowest BCUT2D eigenvalue weighted by atomic mass is 9.93. The van der Waals surface area contributed by atoms with Crippen molar-refractivity contribution >= 4 is 23.7 Å². The fraction of sp³-hybridized carbons (Fsp3) is 0.750. The van der Waals surface area contributed by atoms with Gasteiger partial charge < -0.3 is 5.32 Å². The van der Waals surface area contributed by atoms with E-state index in [9.17, 15) is 0 Å². The van der Waals surface area contributed by atoms with Gasteiger partial charge in [-0.3, -0.25) is 4.90 Å². The van der Waals surface area contributed by atoms with Crippen molar-refractivity contribution < 1.29 is 0 Å². The summed E-state index contributed by atoms with van der Waals surface area (Å²) in [5.41, 5.74) is 3.16. The first kappa shape index (κ1) is 14.9. The van der Waals surface area contributed by atoms with Crippen molar-refractivity contribution in [1.82, 2.24) is 15.2 Å². The molecule has 1 fully saturated rings. The van der Waals surface area contributed by atoms with Crippen molar-refractivity contribution in [3.8, 4) is 0 Å². The Hall–Kier alpha value is -0.160. The maximum Gasteiger partial charge on any atom is 0.0795 e. The molecule has 1 N–H and O–H groups in total. The van der Waals surface area contributed by atoms with E-state index in [1.165, 1.54) is 38.0 Å². The van der Waals surface area contributed by atoms with E-state index in [0.717, 1.165) is 19.0 Å². The van der Waals surface area contributed by atoms with Crippen LogP contribution in [0.5, 0.6) is 0 Å². The van der Waals surface area contributed by atoms with Gasteiger partial charge in [-0.2, -0.15) is 0 Å². The molecular weight excluding hydrogens is 254 g/mol. The summed E-state index contributed by atoms with van der Waals surface area (Å²) >= 11 is 1.69. The molecule has 17 heavy (non-hydrogen) atoms. The number of thiazole rings is 1. The quantitative estimate of drug-likeness (QED) is 0.894. The van der Waals surface area contributed by atoms with Crippen LogP contribution in [0.2, 0.25) is 0 Å². The summed E-state index contributed by atoms with van der Waals surface area (Å²) < 4.78 is 0. The number of piperidine rings is 1. The largest absolute Gasteiger partial charge is 0.320 e. The van der Waals surface area contributed by atoms with Crippen LogP contribution in [-0.2, 0) is 6.54 Å². The molecule has 0 atom stereocenters. The third-order valence-electron chi connectivity index (χ3n) is 3.38. The highest BCUT2D eigenvalue weighted by Gasteiger charge is 2.18. The highest BCUT2D eigenvalue weighted by Crippen LogP contribution is 2.21. The molecule has 98 valence electrons. The Kier molecular flexibility index (Phi) is 7.04. The highest BCUT2D eigenvalue weighted by molar-refractivity contribution is 7.07. The zero-order valence-corrected chi connectivity index (χ0v) is 12.0. The predicted octanol–water partition coefficient (Wildman–Crippen LogP) is 2.39. The molecule has 0 spiro atoms. The van der Waals surface area contributed by atoms with Gasteiger partial charge in [0.15, 0.2) is 0 Å².